The fourth-order valence-corrected chi connectivity index (χ4v) is 2.73. The molecule has 0 aromatic heterocycles. The summed E-state index contributed by atoms with van der Waals surface area (Å²) >= 11 is 7.28. The van der Waals surface area contributed by atoms with Crippen LogP contribution in [0.1, 0.15) is 11.1 Å². The maximum atomic E-state index is 10.9. The van der Waals surface area contributed by atoms with Crippen molar-refractivity contribution in [3.8, 4) is 6.07 Å². The largest absolute Gasteiger partial charge is 0.481 e. The van der Waals surface area contributed by atoms with Gasteiger partial charge in [0.15, 0.2) is 0 Å². The van der Waals surface area contributed by atoms with Gasteiger partial charge in [0, 0.05) is 14.8 Å². The Morgan fingerprint density at radius 3 is 2.55 bits per heavy atom. The van der Waals surface area contributed by atoms with E-state index in [0.29, 0.717) is 16.1 Å². The summed E-state index contributed by atoms with van der Waals surface area (Å²) in [6.07, 6.45) is -0.106. The fraction of sp³-hybridized carbons (Fsp3) is 0.0667. The number of halogens is 1. The summed E-state index contributed by atoms with van der Waals surface area (Å²) in [6.45, 7) is 0. The van der Waals surface area contributed by atoms with Crippen molar-refractivity contribution in [1.82, 2.24) is 0 Å². The van der Waals surface area contributed by atoms with Crippen LogP contribution in [-0.4, -0.2) is 11.1 Å². The van der Waals surface area contributed by atoms with Crippen molar-refractivity contribution in [3.63, 3.8) is 0 Å². The lowest BCUT2D eigenvalue weighted by Gasteiger charge is -2.08. The molecule has 2 aromatic carbocycles. The summed E-state index contributed by atoms with van der Waals surface area (Å²) in [4.78, 5) is 12.7. The molecule has 0 saturated heterocycles. The van der Waals surface area contributed by atoms with Crippen LogP contribution in [0.3, 0.4) is 0 Å². The predicted molar refractivity (Wildman–Crippen MR) is 78.1 cm³/mol. The molecule has 20 heavy (non-hydrogen) atoms. The quantitative estimate of drug-likeness (QED) is 0.927. The minimum atomic E-state index is -0.918. The zero-order valence-corrected chi connectivity index (χ0v) is 11.9. The molecule has 1 N–H and O–H groups in total. The van der Waals surface area contributed by atoms with Gasteiger partial charge in [-0.25, -0.2) is 0 Å². The van der Waals surface area contributed by atoms with Crippen molar-refractivity contribution >= 4 is 29.3 Å². The van der Waals surface area contributed by atoms with Gasteiger partial charge < -0.3 is 5.11 Å². The van der Waals surface area contributed by atoms with Gasteiger partial charge in [0.1, 0.15) is 0 Å². The molecular formula is C15H10ClNO2S. The Balaban J connectivity index is 2.32. The Kier molecular flexibility index (Phi) is 4.67. The predicted octanol–water partition coefficient (Wildman–Crippen LogP) is 3.99. The average molecular weight is 304 g/mol. The van der Waals surface area contributed by atoms with Gasteiger partial charge in [-0.1, -0.05) is 23.4 Å². The summed E-state index contributed by atoms with van der Waals surface area (Å²) in [7, 11) is 0. The number of benzene rings is 2. The highest BCUT2D eigenvalue weighted by molar-refractivity contribution is 7.99. The third-order valence-electron chi connectivity index (χ3n) is 2.57. The summed E-state index contributed by atoms with van der Waals surface area (Å²) in [5.41, 5.74) is 1.10. The van der Waals surface area contributed by atoms with Crippen LogP contribution in [0.4, 0.5) is 0 Å². The third kappa shape index (κ3) is 3.77. The van der Waals surface area contributed by atoms with Crippen molar-refractivity contribution in [2.45, 2.75) is 16.2 Å². The Bertz CT molecular complexity index is 677. The molecule has 0 fully saturated rings. The van der Waals surface area contributed by atoms with E-state index in [0.717, 1.165) is 9.79 Å². The van der Waals surface area contributed by atoms with Gasteiger partial charge in [-0.3, -0.25) is 4.79 Å². The summed E-state index contributed by atoms with van der Waals surface area (Å²) in [6, 6.07) is 14.4. The SMILES string of the molecule is N#Cc1ccc(Sc2ccc(Cl)cc2)c(CC(=O)O)c1. The van der Waals surface area contributed by atoms with Crippen LogP contribution in [0.5, 0.6) is 0 Å². The second-order valence-corrected chi connectivity index (χ2v) is 5.61. The first-order valence-electron chi connectivity index (χ1n) is 5.77. The van der Waals surface area contributed by atoms with E-state index in [1.165, 1.54) is 11.8 Å². The molecule has 0 unspecified atom stereocenters. The molecule has 2 aromatic rings. The van der Waals surface area contributed by atoms with Gasteiger partial charge in [0.2, 0.25) is 0 Å². The normalized spacial score (nSPS) is 10.0. The first-order valence-corrected chi connectivity index (χ1v) is 6.96. The van der Waals surface area contributed by atoms with Crippen molar-refractivity contribution < 1.29 is 9.90 Å². The number of nitriles is 1. The second kappa shape index (κ2) is 6.47. The maximum absolute atomic E-state index is 10.9. The molecule has 0 bridgehead atoms. The second-order valence-electron chi connectivity index (χ2n) is 4.06. The monoisotopic (exact) mass is 303 g/mol. The molecule has 0 atom stereocenters. The Morgan fingerprint density at radius 1 is 1.25 bits per heavy atom. The van der Waals surface area contributed by atoms with E-state index in [-0.39, 0.29) is 6.42 Å². The topological polar surface area (TPSA) is 61.1 Å². The number of carboxylic acids is 1. The Hall–Kier alpha value is -1.96. The molecule has 0 spiro atoms. The molecular weight excluding hydrogens is 294 g/mol. The van der Waals surface area contributed by atoms with Crippen LogP contribution in [-0.2, 0) is 11.2 Å². The Morgan fingerprint density at radius 2 is 1.95 bits per heavy atom. The summed E-state index contributed by atoms with van der Waals surface area (Å²) in [5, 5.41) is 18.5. The lowest BCUT2D eigenvalue weighted by atomic mass is 10.1. The van der Waals surface area contributed by atoms with E-state index in [1.807, 2.05) is 18.2 Å². The minimum absolute atomic E-state index is 0.106. The van der Waals surface area contributed by atoms with Crippen LogP contribution in [0.25, 0.3) is 0 Å². The van der Waals surface area contributed by atoms with Crippen LogP contribution in [0.15, 0.2) is 52.3 Å². The number of carbonyl (C=O) groups is 1. The molecule has 5 heteroatoms. The van der Waals surface area contributed by atoms with E-state index in [4.69, 9.17) is 22.0 Å². The number of carboxylic acid groups (broad SMARTS) is 1. The number of hydrogen-bond acceptors (Lipinski definition) is 3. The lowest BCUT2D eigenvalue weighted by molar-refractivity contribution is -0.136. The molecule has 0 aliphatic carbocycles. The smallest absolute Gasteiger partial charge is 0.307 e. The van der Waals surface area contributed by atoms with Gasteiger partial charge >= 0.3 is 5.97 Å². The third-order valence-corrected chi connectivity index (χ3v) is 3.95. The van der Waals surface area contributed by atoms with Crippen LogP contribution >= 0.6 is 23.4 Å². The number of rotatable bonds is 4. The Labute approximate surface area is 125 Å². The number of nitrogens with zero attached hydrogens (tertiary/aromatic N) is 1. The van der Waals surface area contributed by atoms with E-state index in [9.17, 15) is 4.79 Å². The van der Waals surface area contributed by atoms with E-state index >= 15 is 0 Å². The van der Waals surface area contributed by atoms with Gasteiger partial charge in [0.05, 0.1) is 18.1 Å². The number of hydrogen-bond donors (Lipinski definition) is 1. The van der Waals surface area contributed by atoms with Gasteiger partial charge in [-0.05, 0) is 48.0 Å². The summed E-state index contributed by atoms with van der Waals surface area (Å²) < 4.78 is 0. The highest BCUT2D eigenvalue weighted by Gasteiger charge is 2.09. The van der Waals surface area contributed by atoms with Crippen molar-refractivity contribution in [2.75, 3.05) is 0 Å². The van der Waals surface area contributed by atoms with Crippen LogP contribution < -0.4 is 0 Å². The first kappa shape index (κ1) is 14.4. The van der Waals surface area contributed by atoms with Crippen molar-refractivity contribution in [3.05, 3.63) is 58.6 Å². The van der Waals surface area contributed by atoms with Crippen LogP contribution in [0, 0.1) is 11.3 Å². The average Bonchev–Trinajstić information content (AvgIpc) is 2.42. The first-order chi connectivity index (χ1) is 9.58. The molecule has 0 radical (unpaired) electrons. The molecule has 0 aliphatic heterocycles. The molecule has 0 heterocycles. The highest BCUT2D eigenvalue weighted by Crippen LogP contribution is 2.32. The van der Waals surface area contributed by atoms with E-state index < -0.39 is 5.97 Å². The standard InChI is InChI=1S/C15H10ClNO2S/c16-12-2-4-13(5-3-12)20-14-6-1-10(9-17)7-11(14)8-15(18)19/h1-7H,8H2,(H,18,19). The zero-order chi connectivity index (χ0) is 14.5. The number of aliphatic carboxylic acids is 1. The lowest BCUT2D eigenvalue weighted by Crippen LogP contribution is -2.02. The molecule has 0 amide bonds. The molecule has 2 rings (SSSR count). The summed E-state index contributed by atoms with van der Waals surface area (Å²) in [5.74, 6) is -0.918. The maximum Gasteiger partial charge on any atom is 0.307 e. The van der Waals surface area contributed by atoms with Crippen molar-refractivity contribution in [1.29, 1.82) is 5.26 Å². The van der Waals surface area contributed by atoms with E-state index in [1.54, 1.807) is 30.3 Å². The van der Waals surface area contributed by atoms with Crippen LogP contribution in [0.2, 0.25) is 5.02 Å². The van der Waals surface area contributed by atoms with Gasteiger partial charge in [-0.15, -0.1) is 0 Å². The van der Waals surface area contributed by atoms with Gasteiger partial charge in [-0.2, -0.15) is 5.26 Å². The van der Waals surface area contributed by atoms with E-state index in [2.05, 4.69) is 0 Å². The molecule has 0 saturated carbocycles. The zero-order valence-electron chi connectivity index (χ0n) is 10.3. The molecule has 100 valence electrons. The van der Waals surface area contributed by atoms with Gasteiger partial charge in [0.25, 0.3) is 0 Å². The highest BCUT2D eigenvalue weighted by atomic mass is 35.5. The minimum Gasteiger partial charge on any atom is -0.481 e. The van der Waals surface area contributed by atoms with Crippen molar-refractivity contribution in [2.24, 2.45) is 0 Å². The fourth-order valence-electron chi connectivity index (χ4n) is 1.68. The molecule has 0 aliphatic rings. The molecule has 3 nitrogen and oxygen atoms in total.